The second kappa shape index (κ2) is 4.45. The van der Waals surface area contributed by atoms with Gasteiger partial charge < -0.3 is 15.5 Å². The number of guanidine groups is 1. The molecule has 0 bridgehead atoms. The van der Waals surface area contributed by atoms with Gasteiger partial charge in [-0.05, 0) is 26.3 Å². The molecular weight excluding hydrogens is 220 g/mol. The third kappa shape index (κ3) is 1.91. The first-order valence-electron chi connectivity index (χ1n) is 5.90. The molecule has 0 aliphatic carbocycles. The van der Waals surface area contributed by atoms with Crippen LogP contribution in [0, 0.1) is 0 Å². The summed E-state index contributed by atoms with van der Waals surface area (Å²) in [5.41, 5.74) is 6.24. The summed E-state index contributed by atoms with van der Waals surface area (Å²) in [7, 11) is 4.20. The Balaban J connectivity index is 2.09. The minimum Gasteiger partial charge on any atom is -0.370 e. The van der Waals surface area contributed by atoms with Crippen molar-refractivity contribution in [1.29, 1.82) is 0 Å². The maximum atomic E-state index is 6.03. The first-order valence-corrected chi connectivity index (χ1v) is 6.95. The molecule has 2 unspecified atom stereocenters. The highest BCUT2D eigenvalue weighted by molar-refractivity contribution is 8.00. The van der Waals surface area contributed by atoms with E-state index in [9.17, 15) is 0 Å². The standard InChI is InChI=1S/C11H22N4S/c1-9-11(4-7-16-9)8-13-10(12)15(11)6-5-14(2)3/h9H,4-8H2,1-3H3,(H2,12,13). The molecule has 0 aromatic heterocycles. The summed E-state index contributed by atoms with van der Waals surface area (Å²) in [6, 6.07) is 0. The van der Waals surface area contributed by atoms with Gasteiger partial charge in [-0.1, -0.05) is 6.92 Å². The van der Waals surface area contributed by atoms with Crippen molar-refractivity contribution in [1.82, 2.24) is 9.80 Å². The summed E-state index contributed by atoms with van der Waals surface area (Å²) in [5, 5.41) is 0.638. The highest BCUT2D eigenvalue weighted by atomic mass is 32.2. The minimum atomic E-state index is 0.213. The van der Waals surface area contributed by atoms with Gasteiger partial charge >= 0.3 is 0 Å². The molecule has 5 heteroatoms. The SMILES string of the molecule is CC1SCCC12CN=C(N)N2CCN(C)C. The molecule has 2 N–H and O–H groups in total. The molecule has 92 valence electrons. The van der Waals surface area contributed by atoms with Gasteiger partial charge in [0.1, 0.15) is 0 Å². The second-order valence-corrected chi connectivity index (χ2v) is 6.44. The number of nitrogens with two attached hydrogens (primary N) is 1. The monoisotopic (exact) mass is 242 g/mol. The van der Waals surface area contributed by atoms with Crippen molar-refractivity contribution < 1.29 is 0 Å². The van der Waals surface area contributed by atoms with Crippen LogP contribution in [0.2, 0.25) is 0 Å². The van der Waals surface area contributed by atoms with Gasteiger partial charge in [-0.2, -0.15) is 11.8 Å². The molecule has 0 aromatic carbocycles. The van der Waals surface area contributed by atoms with Gasteiger partial charge in [0, 0.05) is 18.3 Å². The van der Waals surface area contributed by atoms with E-state index in [1.807, 2.05) is 11.8 Å². The highest BCUT2D eigenvalue weighted by Gasteiger charge is 2.49. The lowest BCUT2D eigenvalue weighted by atomic mass is 9.92. The predicted molar refractivity (Wildman–Crippen MR) is 71.0 cm³/mol. The fourth-order valence-electron chi connectivity index (χ4n) is 2.59. The lowest BCUT2D eigenvalue weighted by Crippen LogP contribution is -2.56. The zero-order chi connectivity index (χ0) is 11.8. The highest BCUT2D eigenvalue weighted by Crippen LogP contribution is 2.42. The molecule has 0 saturated carbocycles. The molecule has 0 aromatic rings. The molecule has 1 spiro atoms. The van der Waals surface area contributed by atoms with E-state index in [1.54, 1.807) is 0 Å². The molecule has 1 saturated heterocycles. The molecule has 0 amide bonds. The average Bonchev–Trinajstić information content (AvgIpc) is 2.72. The molecule has 1 fully saturated rings. The Hall–Kier alpha value is -0.420. The van der Waals surface area contributed by atoms with Crippen molar-refractivity contribution in [3.8, 4) is 0 Å². The second-order valence-electron chi connectivity index (χ2n) is 5.00. The average molecular weight is 242 g/mol. The molecule has 2 atom stereocenters. The van der Waals surface area contributed by atoms with Gasteiger partial charge in [-0.15, -0.1) is 0 Å². The van der Waals surface area contributed by atoms with E-state index < -0.39 is 0 Å². The van der Waals surface area contributed by atoms with Gasteiger partial charge in [0.25, 0.3) is 0 Å². The van der Waals surface area contributed by atoms with E-state index in [0.29, 0.717) is 5.25 Å². The fourth-order valence-corrected chi connectivity index (χ4v) is 4.04. The lowest BCUT2D eigenvalue weighted by Gasteiger charge is -2.39. The van der Waals surface area contributed by atoms with Gasteiger partial charge in [0.05, 0.1) is 12.1 Å². The van der Waals surface area contributed by atoms with E-state index in [-0.39, 0.29) is 5.54 Å². The lowest BCUT2D eigenvalue weighted by molar-refractivity contribution is 0.187. The van der Waals surface area contributed by atoms with E-state index >= 15 is 0 Å². The molecule has 2 heterocycles. The zero-order valence-corrected chi connectivity index (χ0v) is 11.3. The summed E-state index contributed by atoms with van der Waals surface area (Å²) in [6.07, 6.45) is 1.22. The van der Waals surface area contributed by atoms with Gasteiger partial charge in [-0.3, -0.25) is 4.99 Å². The normalized spacial score (nSPS) is 34.1. The summed E-state index contributed by atoms with van der Waals surface area (Å²) in [4.78, 5) is 9.02. The van der Waals surface area contributed by atoms with Gasteiger partial charge in [0.2, 0.25) is 0 Å². The van der Waals surface area contributed by atoms with Crippen molar-refractivity contribution >= 4 is 17.7 Å². The quantitative estimate of drug-likeness (QED) is 0.780. The summed E-state index contributed by atoms with van der Waals surface area (Å²) in [5.74, 6) is 1.99. The Labute approximate surface area is 102 Å². The van der Waals surface area contributed by atoms with Crippen molar-refractivity contribution in [3.63, 3.8) is 0 Å². The topological polar surface area (TPSA) is 44.9 Å². The Morgan fingerprint density at radius 1 is 1.62 bits per heavy atom. The maximum Gasteiger partial charge on any atom is 0.191 e. The van der Waals surface area contributed by atoms with Crippen LogP contribution in [0.15, 0.2) is 4.99 Å². The number of rotatable bonds is 3. The first-order chi connectivity index (χ1) is 7.56. The number of hydrogen-bond acceptors (Lipinski definition) is 5. The predicted octanol–water partition coefficient (Wildman–Crippen LogP) is 0.443. The van der Waals surface area contributed by atoms with Crippen LogP contribution in [-0.4, -0.2) is 66.0 Å². The summed E-state index contributed by atoms with van der Waals surface area (Å²) in [6.45, 7) is 5.23. The van der Waals surface area contributed by atoms with Crippen LogP contribution >= 0.6 is 11.8 Å². The van der Waals surface area contributed by atoms with Crippen LogP contribution in [0.1, 0.15) is 13.3 Å². The van der Waals surface area contributed by atoms with Crippen molar-refractivity contribution in [2.75, 3.05) is 39.5 Å². The molecular formula is C11H22N4S. The molecule has 4 nitrogen and oxygen atoms in total. The van der Waals surface area contributed by atoms with Crippen LogP contribution in [0.25, 0.3) is 0 Å². The molecule has 2 aliphatic rings. The van der Waals surface area contributed by atoms with Crippen molar-refractivity contribution in [3.05, 3.63) is 0 Å². The summed E-state index contributed by atoms with van der Waals surface area (Å²) >= 11 is 2.05. The van der Waals surface area contributed by atoms with Crippen LogP contribution in [0.4, 0.5) is 0 Å². The molecule has 2 aliphatic heterocycles. The number of hydrogen-bond donors (Lipinski definition) is 1. The van der Waals surface area contributed by atoms with Crippen molar-refractivity contribution in [2.24, 2.45) is 10.7 Å². The summed E-state index contributed by atoms with van der Waals surface area (Å²) < 4.78 is 0. The molecule has 0 radical (unpaired) electrons. The third-order valence-electron chi connectivity index (χ3n) is 3.76. The fraction of sp³-hybridized carbons (Fsp3) is 0.909. The molecule has 2 rings (SSSR count). The van der Waals surface area contributed by atoms with E-state index in [4.69, 9.17) is 5.73 Å². The van der Waals surface area contributed by atoms with Crippen LogP contribution < -0.4 is 5.73 Å². The van der Waals surface area contributed by atoms with Crippen LogP contribution in [-0.2, 0) is 0 Å². The number of likely N-dealkylation sites (N-methyl/N-ethyl adjacent to an activating group) is 1. The van der Waals surface area contributed by atoms with Crippen molar-refractivity contribution in [2.45, 2.75) is 24.1 Å². The van der Waals surface area contributed by atoms with Crippen LogP contribution in [0.5, 0.6) is 0 Å². The Morgan fingerprint density at radius 2 is 2.38 bits per heavy atom. The maximum absolute atomic E-state index is 6.03. The number of thioether (sulfide) groups is 1. The largest absolute Gasteiger partial charge is 0.370 e. The Bertz CT molecular complexity index is 292. The third-order valence-corrected chi connectivity index (χ3v) is 5.14. The van der Waals surface area contributed by atoms with Gasteiger partial charge in [0.15, 0.2) is 5.96 Å². The zero-order valence-electron chi connectivity index (χ0n) is 10.4. The smallest absolute Gasteiger partial charge is 0.191 e. The van der Waals surface area contributed by atoms with Gasteiger partial charge in [-0.25, -0.2) is 0 Å². The van der Waals surface area contributed by atoms with E-state index in [0.717, 1.165) is 25.6 Å². The van der Waals surface area contributed by atoms with Crippen LogP contribution in [0.3, 0.4) is 0 Å². The Kier molecular flexibility index (Phi) is 3.35. The van der Waals surface area contributed by atoms with E-state index in [1.165, 1.54) is 12.2 Å². The van der Waals surface area contributed by atoms with E-state index in [2.05, 4.69) is 35.8 Å². The first kappa shape index (κ1) is 12.0. The Morgan fingerprint density at radius 3 is 2.94 bits per heavy atom. The number of nitrogens with zero attached hydrogens (tertiary/aromatic N) is 3. The number of aliphatic imine (C=N–C) groups is 1. The molecule has 16 heavy (non-hydrogen) atoms. The minimum absolute atomic E-state index is 0.213.